The zero-order chi connectivity index (χ0) is 26.4. The van der Waals surface area contributed by atoms with Gasteiger partial charge < -0.3 is 24.4 Å². The molecule has 0 spiro atoms. The summed E-state index contributed by atoms with van der Waals surface area (Å²) in [5, 5.41) is 21.6. The van der Waals surface area contributed by atoms with Crippen molar-refractivity contribution >= 4 is 44.1 Å². The van der Waals surface area contributed by atoms with Gasteiger partial charge in [0.2, 0.25) is 0 Å². The number of aliphatic hydroxyl groups excluding tert-OH is 1. The molecular formula is C28H22N2O7S. The van der Waals surface area contributed by atoms with Crippen LogP contribution in [0.2, 0.25) is 0 Å². The van der Waals surface area contributed by atoms with Crippen LogP contribution in [-0.4, -0.2) is 46.7 Å². The summed E-state index contributed by atoms with van der Waals surface area (Å²) in [6, 6.07) is 15.4. The lowest BCUT2D eigenvalue weighted by Gasteiger charge is -2.23. The fourth-order valence-corrected chi connectivity index (χ4v) is 5.62. The molecule has 2 aliphatic heterocycles. The highest BCUT2D eigenvalue weighted by Gasteiger charge is 2.48. The summed E-state index contributed by atoms with van der Waals surface area (Å²) in [6.07, 6.45) is 0. The lowest BCUT2D eigenvalue weighted by molar-refractivity contribution is -0.132. The van der Waals surface area contributed by atoms with Gasteiger partial charge in [0.05, 0.1) is 28.4 Å². The Bertz CT molecular complexity index is 1610. The number of nitrogens with zero attached hydrogens (tertiary/aromatic N) is 2. The Hall–Kier alpha value is -4.57. The zero-order valence-corrected chi connectivity index (χ0v) is 21.0. The molecule has 192 valence electrons. The molecule has 1 fully saturated rings. The first-order chi connectivity index (χ1) is 18.4. The fourth-order valence-electron chi connectivity index (χ4n) is 4.60. The number of ketones is 1. The van der Waals surface area contributed by atoms with E-state index in [-0.39, 0.29) is 17.1 Å². The number of aromatic hydroxyl groups is 1. The third-order valence-electron chi connectivity index (χ3n) is 6.33. The average molecular weight is 531 g/mol. The third kappa shape index (κ3) is 3.99. The lowest BCUT2D eigenvalue weighted by atomic mass is 9.95. The Kier molecular flexibility index (Phi) is 5.88. The number of hydrogen-bond donors (Lipinski definition) is 2. The summed E-state index contributed by atoms with van der Waals surface area (Å²) >= 11 is 1.24. The predicted octanol–water partition coefficient (Wildman–Crippen LogP) is 4.80. The Labute approximate surface area is 221 Å². The van der Waals surface area contributed by atoms with E-state index in [4.69, 9.17) is 14.2 Å². The maximum Gasteiger partial charge on any atom is 0.301 e. The topological polar surface area (TPSA) is 118 Å². The minimum absolute atomic E-state index is 0.0287. The maximum atomic E-state index is 13.5. The van der Waals surface area contributed by atoms with Crippen LogP contribution in [0.25, 0.3) is 16.0 Å². The van der Waals surface area contributed by atoms with E-state index in [0.29, 0.717) is 58.8 Å². The molecule has 0 radical (unpaired) electrons. The number of anilines is 1. The number of phenolic OH excluding ortho intramolecular Hbond substituents is 1. The van der Waals surface area contributed by atoms with Crippen molar-refractivity contribution in [2.24, 2.45) is 0 Å². The molecule has 2 aliphatic rings. The normalized spacial score (nSPS) is 18.2. The number of ether oxygens (including phenoxy) is 3. The summed E-state index contributed by atoms with van der Waals surface area (Å²) < 4.78 is 17.6. The first-order valence-corrected chi connectivity index (χ1v) is 12.8. The number of benzene rings is 3. The fraction of sp³-hybridized carbons (Fsp3) is 0.179. The second-order valence-corrected chi connectivity index (χ2v) is 9.69. The van der Waals surface area contributed by atoms with Gasteiger partial charge in [-0.2, -0.15) is 0 Å². The number of rotatable bonds is 5. The number of hydrogen-bond acceptors (Lipinski definition) is 9. The second-order valence-electron chi connectivity index (χ2n) is 8.68. The number of carbonyl (C=O) groups excluding carboxylic acids is 2. The van der Waals surface area contributed by atoms with E-state index >= 15 is 0 Å². The Morgan fingerprint density at radius 1 is 1.05 bits per heavy atom. The number of thiazole rings is 1. The van der Waals surface area contributed by atoms with Crippen LogP contribution in [0.3, 0.4) is 0 Å². The van der Waals surface area contributed by atoms with Crippen LogP contribution in [0.15, 0.2) is 66.2 Å². The van der Waals surface area contributed by atoms with E-state index in [0.717, 1.165) is 4.70 Å². The Morgan fingerprint density at radius 3 is 2.58 bits per heavy atom. The van der Waals surface area contributed by atoms with E-state index in [1.807, 2.05) is 13.0 Å². The van der Waals surface area contributed by atoms with Gasteiger partial charge in [-0.15, -0.1) is 0 Å². The minimum Gasteiger partial charge on any atom is -0.508 e. The standard InChI is InChI=1S/C28H22N2O7S/c1-2-35-18-8-9-19-22(14-18)38-28(29-19)30-24(15-3-6-17(31)7-4-15)23(26(33)27(30)34)25(32)16-5-10-20-21(13-16)37-12-11-36-20/h3-10,13-14,24,31-32H,2,11-12H2,1H3/b25-23+/t24-/m0/s1. The molecule has 3 heterocycles. The van der Waals surface area contributed by atoms with Crippen molar-refractivity contribution in [3.63, 3.8) is 0 Å². The first kappa shape index (κ1) is 23.8. The average Bonchev–Trinajstić information content (AvgIpc) is 3.46. The SMILES string of the molecule is CCOc1ccc2nc(N3C(=O)C(=O)/C(=C(/O)c4ccc5c(c4)OCCO5)[C@@H]3c3ccc(O)cc3)sc2c1. The van der Waals surface area contributed by atoms with Crippen LogP contribution in [0.4, 0.5) is 5.13 Å². The van der Waals surface area contributed by atoms with Gasteiger partial charge in [-0.05, 0) is 61.0 Å². The highest BCUT2D eigenvalue weighted by Crippen LogP contribution is 2.45. The quantitative estimate of drug-likeness (QED) is 0.215. The monoisotopic (exact) mass is 530 g/mol. The molecule has 0 bridgehead atoms. The molecule has 10 heteroatoms. The summed E-state index contributed by atoms with van der Waals surface area (Å²) in [4.78, 5) is 32.8. The van der Waals surface area contributed by atoms with Crippen molar-refractivity contribution in [2.45, 2.75) is 13.0 Å². The maximum absolute atomic E-state index is 13.5. The van der Waals surface area contributed by atoms with Gasteiger partial charge in [0.15, 0.2) is 16.6 Å². The van der Waals surface area contributed by atoms with Crippen LogP contribution in [0.1, 0.15) is 24.1 Å². The minimum atomic E-state index is -0.976. The van der Waals surface area contributed by atoms with Crippen LogP contribution < -0.4 is 19.1 Å². The van der Waals surface area contributed by atoms with Gasteiger partial charge in [0, 0.05) is 5.56 Å². The van der Waals surface area contributed by atoms with E-state index in [2.05, 4.69) is 4.98 Å². The number of aliphatic hydroxyl groups is 1. The van der Waals surface area contributed by atoms with E-state index in [1.165, 1.54) is 28.4 Å². The van der Waals surface area contributed by atoms with Crippen molar-refractivity contribution in [2.75, 3.05) is 24.7 Å². The number of carbonyl (C=O) groups is 2. The molecule has 6 rings (SSSR count). The summed E-state index contributed by atoms with van der Waals surface area (Å²) in [5.41, 5.74) is 1.38. The van der Waals surface area contributed by atoms with Gasteiger partial charge in [0.1, 0.15) is 30.5 Å². The number of aromatic nitrogens is 1. The summed E-state index contributed by atoms with van der Waals surface area (Å²) in [6.45, 7) is 3.17. The molecule has 9 nitrogen and oxygen atoms in total. The molecule has 1 amide bonds. The van der Waals surface area contributed by atoms with Crippen LogP contribution in [0, 0.1) is 0 Å². The molecule has 2 N–H and O–H groups in total. The molecule has 1 aromatic heterocycles. The van der Waals surface area contributed by atoms with Crippen molar-refractivity contribution in [3.8, 4) is 23.0 Å². The van der Waals surface area contributed by atoms with Gasteiger partial charge in [-0.25, -0.2) is 4.98 Å². The van der Waals surface area contributed by atoms with Crippen LogP contribution >= 0.6 is 11.3 Å². The van der Waals surface area contributed by atoms with Crippen molar-refractivity contribution < 1.29 is 34.0 Å². The zero-order valence-electron chi connectivity index (χ0n) is 20.2. The number of Topliss-reactive ketones (excluding diaryl/α,β-unsaturated/α-hetero) is 1. The van der Waals surface area contributed by atoms with Gasteiger partial charge >= 0.3 is 5.91 Å². The molecule has 0 unspecified atom stereocenters. The summed E-state index contributed by atoms with van der Waals surface area (Å²) in [5.74, 6) is -0.334. The van der Waals surface area contributed by atoms with Gasteiger partial charge in [-0.1, -0.05) is 23.5 Å². The molecule has 0 aliphatic carbocycles. The molecule has 1 atom stereocenters. The highest BCUT2D eigenvalue weighted by atomic mass is 32.1. The van der Waals surface area contributed by atoms with Crippen LogP contribution in [0.5, 0.6) is 23.0 Å². The second kappa shape index (κ2) is 9.38. The number of phenols is 1. The molecule has 3 aromatic carbocycles. The largest absolute Gasteiger partial charge is 0.508 e. The summed E-state index contributed by atoms with van der Waals surface area (Å²) in [7, 11) is 0. The van der Waals surface area contributed by atoms with E-state index in [9.17, 15) is 19.8 Å². The predicted molar refractivity (Wildman–Crippen MR) is 141 cm³/mol. The Morgan fingerprint density at radius 2 is 1.82 bits per heavy atom. The number of amides is 1. The van der Waals surface area contributed by atoms with E-state index in [1.54, 1.807) is 42.5 Å². The van der Waals surface area contributed by atoms with E-state index < -0.39 is 17.7 Å². The molecule has 1 saturated heterocycles. The molecule has 0 saturated carbocycles. The molecular weight excluding hydrogens is 508 g/mol. The number of fused-ring (bicyclic) bond motifs is 2. The smallest absolute Gasteiger partial charge is 0.301 e. The Balaban J connectivity index is 1.51. The molecule has 4 aromatic rings. The molecule has 38 heavy (non-hydrogen) atoms. The van der Waals surface area contributed by atoms with Gasteiger partial charge in [0.25, 0.3) is 5.78 Å². The van der Waals surface area contributed by atoms with Crippen molar-refractivity contribution in [1.29, 1.82) is 0 Å². The van der Waals surface area contributed by atoms with Crippen molar-refractivity contribution in [1.82, 2.24) is 4.98 Å². The van der Waals surface area contributed by atoms with Crippen molar-refractivity contribution in [3.05, 3.63) is 77.4 Å². The highest BCUT2D eigenvalue weighted by molar-refractivity contribution is 7.22. The third-order valence-corrected chi connectivity index (χ3v) is 7.35. The lowest BCUT2D eigenvalue weighted by Crippen LogP contribution is -2.29. The van der Waals surface area contributed by atoms with Gasteiger partial charge in [-0.3, -0.25) is 14.5 Å². The van der Waals surface area contributed by atoms with Crippen LogP contribution in [-0.2, 0) is 9.59 Å². The first-order valence-electron chi connectivity index (χ1n) is 12.0.